The predicted octanol–water partition coefficient (Wildman–Crippen LogP) is 1.66. The Balaban J connectivity index is 1.65. The topological polar surface area (TPSA) is 75.1 Å². The van der Waals surface area contributed by atoms with Crippen LogP contribution in [-0.2, 0) is 0 Å². The molecule has 0 aromatic carbocycles. The Kier molecular flexibility index (Phi) is 3.23. The molecular weight excluding hydrogens is 242 g/mol. The van der Waals surface area contributed by atoms with Gasteiger partial charge in [0.15, 0.2) is 5.65 Å². The van der Waals surface area contributed by atoms with Crippen LogP contribution in [0.4, 0.5) is 5.82 Å². The molecule has 2 heterocycles. The third-order valence-electron chi connectivity index (χ3n) is 3.98. The summed E-state index contributed by atoms with van der Waals surface area (Å²) in [5.41, 5.74) is 0.243. The van der Waals surface area contributed by atoms with Gasteiger partial charge < -0.3 is 5.32 Å². The summed E-state index contributed by atoms with van der Waals surface area (Å²) in [6.45, 7) is 3.25. The lowest BCUT2D eigenvalue weighted by Crippen LogP contribution is -2.21. The van der Waals surface area contributed by atoms with E-state index in [1.54, 1.807) is 6.07 Å². The van der Waals surface area contributed by atoms with Gasteiger partial charge in [0.2, 0.25) is 0 Å². The number of hydrogen-bond donors (Lipinski definition) is 2. The van der Waals surface area contributed by atoms with Crippen LogP contribution < -0.4 is 11.0 Å². The summed E-state index contributed by atoms with van der Waals surface area (Å²) in [6, 6.07) is 3.65. The Morgan fingerprint density at radius 3 is 2.95 bits per heavy atom. The van der Waals surface area contributed by atoms with E-state index in [1.165, 1.54) is 30.2 Å². The highest BCUT2D eigenvalue weighted by atomic mass is 16.2. The normalized spacial score (nSPS) is 23.6. The molecule has 2 aromatic rings. The SMILES string of the molecule is CC1CCC(CNc2ccc3n[nH]c(=O)n3n2)CC1. The number of anilines is 1. The number of nitrogens with one attached hydrogen (secondary N) is 2. The summed E-state index contributed by atoms with van der Waals surface area (Å²) in [6.07, 6.45) is 5.20. The fraction of sp³-hybridized carbons (Fsp3) is 0.615. The zero-order chi connectivity index (χ0) is 13.2. The molecular formula is C13H19N5O. The van der Waals surface area contributed by atoms with Crippen molar-refractivity contribution in [2.24, 2.45) is 11.8 Å². The third-order valence-corrected chi connectivity index (χ3v) is 3.98. The van der Waals surface area contributed by atoms with E-state index >= 15 is 0 Å². The minimum Gasteiger partial charge on any atom is -0.368 e. The molecule has 1 aliphatic rings. The molecule has 0 aliphatic heterocycles. The highest BCUT2D eigenvalue weighted by Gasteiger charge is 2.18. The first-order chi connectivity index (χ1) is 9.22. The Labute approximate surface area is 111 Å². The summed E-state index contributed by atoms with van der Waals surface area (Å²) in [5, 5.41) is 13.8. The van der Waals surface area contributed by atoms with Crippen molar-refractivity contribution in [3.63, 3.8) is 0 Å². The Morgan fingerprint density at radius 1 is 1.37 bits per heavy atom. The smallest absolute Gasteiger partial charge is 0.364 e. The van der Waals surface area contributed by atoms with Gasteiger partial charge in [0.1, 0.15) is 5.82 Å². The van der Waals surface area contributed by atoms with E-state index in [4.69, 9.17) is 0 Å². The molecule has 19 heavy (non-hydrogen) atoms. The van der Waals surface area contributed by atoms with E-state index < -0.39 is 0 Å². The fourth-order valence-electron chi connectivity index (χ4n) is 2.68. The van der Waals surface area contributed by atoms with Gasteiger partial charge in [0, 0.05) is 6.54 Å². The van der Waals surface area contributed by atoms with Crippen LogP contribution in [0, 0.1) is 11.8 Å². The van der Waals surface area contributed by atoms with Crippen molar-refractivity contribution < 1.29 is 0 Å². The average molecular weight is 261 g/mol. The van der Waals surface area contributed by atoms with Crippen LogP contribution in [0.15, 0.2) is 16.9 Å². The summed E-state index contributed by atoms with van der Waals surface area (Å²) < 4.78 is 1.28. The van der Waals surface area contributed by atoms with Crippen LogP contribution in [0.5, 0.6) is 0 Å². The molecule has 0 bridgehead atoms. The Morgan fingerprint density at radius 2 is 2.16 bits per heavy atom. The molecule has 1 aliphatic carbocycles. The monoisotopic (exact) mass is 261 g/mol. The van der Waals surface area contributed by atoms with Gasteiger partial charge in [0.05, 0.1) is 0 Å². The molecule has 0 atom stereocenters. The number of fused-ring (bicyclic) bond motifs is 1. The fourth-order valence-corrected chi connectivity index (χ4v) is 2.68. The number of hydrogen-bond acceptors (Lipinski definition) is 4. The first-order valence-electron chi connectivity index (χ1n) is 6.90. The number of aromatic amines is 1. The molecule has 6 nitrogen and oxygen atoms in total. The van der Waals surface area contributed by atoms with Crippen molar-refractivity contribution in [2.75, 3.05) is 11.9 Å². The summed E-state index contributed by atoms with van der Waals surface area (Å²) in [7, 11) is 0. The van der Waals surface area contributed by atoms with Crippen molar-refractivity contribution >= 4 is 11.5 Å². The average Bonchev–Trinajstić information content (AvgIpc) is 2.80. The van der Waals surface area contributed by atoms with Crippen molar-refractivity contribution in [1.82, 2.24) is 19.8 Å². The number of nitrogens with zero attached hydrogens (tertiary/aromatic N) is 3. The lowest BCUT2D eigenvalue weighted by atomic mass is 9.83. The van der Waals surface area contributed by atoms with E-state index in [1.807, 2.05) is 6.07 Å². The second-order valence-corrected chi connectivity index (χ2v) is 5.52. The van der Waals surface area contributed by atoms with E-state index in [-0.39, 0.29) is 5.69 Å². The van der Waals surface area contributed by atoms with Crippen molar-refractivity contribution in [3.05, 3.63) is 22.6 Å². The number of rotatable bonds is 3. The zero-order valence-corrected chi connectivity index (χ0v) is 11.1. The van der Waals surface area contributed by atoms with E-state index in [2.05, 4.69) is 27.5 Å². The second kappa shape index (κ2) is 5.03. The molecule has 0 unspecified atom stereocenters. The molecule has 0 amide bonds. The molecule has 102 valence electrons. The first-order valence-corrected chi connectivity index (χ1v) is 6.90. The molecule has 1 fully saturated rings. The van der Waals surface area contributed by atoms with Gasteiger partial charge in [-0.3, -0.25) is 0 Å². The molecule has 2 N–H and O–H groups in total. The Hall–Kier alpha value is -1.85. The number of aromatic nitrogens is 4. The number of H-pyrrole nitrogens is 1. The van der Waals surface area contributed by atoms with Crippen molar-refractivity contribution in [3.8, 4) is 0 Å². The maximum Gasteiger partial charge on any atom is 0.364 e. The molecule has 0 saturated heterocycles. The summed E-state index contributed by atoms with van der Waals surface area (Å²) in [4.78, 5) is 11.4. The van der Waals surface area contributed by atoms with Gasteiger partial charge in [-0.25, -0.2) is 9.89 Å². The summed E-state index contributed by atoms with van der Waals surface area (Å²) >= 11 is 0. The van der Waals surface area contributed by atoms with Gasteiger partial charge in [-0.1, -0.05) is 19.8 Å². The third kappa shape index (κ3) is 2.62. The molecule has 0 spiro atoms. The van der Waals surface area contributed by atoms with Crippen LogP contribution in [0.25, 0.3) is 5.65 Å². The van der Waals surface area contributed by atoms with Gasteiger partial charge in [-0.15, -0.1) is 5.10 Å². The minimum atomic E-state index is -0.301. The van der Waals surface area contributed by atoms with Crippen LogP contribution in [0.3, 0.4) is 0 Å². The molecule has 2 aromatic heterocycles. The largest absolute Gasteiger partial charge is 0.368 e. The standard InChI is InChI=1S/C13H19N5O/c1-9-2-4-10(5-3-9)8-14-11-6-7-12-15-16-13(19)18(12)17-11/h6-7,9-10H,2-5,8H2,1H3,(H,14,17)(H,16,19). The lowest BCUT2D eigenvalue weighted by Gasteiger charge is -2.26. The highest BCUT2D eigenvalue weighted by Crippen LogP contribution is 2.28. The summed E-state index contributed by atoms with van der Waals surface area (Å²) in [5.74, 6) is 2.32. The molecule has 3 rings (SSSR count). The molecule has 0 radical (unpaired) electrons. The maximum atomic E-state index is 11.4. The van der Waals surface area contributed by atoms with Crippen LogP contribution in [-0.4, -0.2) is 26.4 Å². The molecule has 1 saturated carbocycles. The molecule has 6 heteroatoms. The van der Waals surface area contributed by atoms with Gasteiger partial charge in [-0.05, 0) is 36.8 Å². The van der Waals surface area contributed by atoms with Gasteiger partial charge >= 0.3 is 5.69 Å². The van der Waals surface area contributed by atoms with Crippen LogP contribution in [0.1, 0.15) is 32.6 Å². The zero-order valence-electron chi connectivity index (χ0n) is 11.1. The van der Waals surface area contributed by atoms with Crippen molar-refractivity contribution in [2.45, 2.75) is 32.6 Å². The first kappa shape index (κ1) is 12.2. The van der Waals surface area contributed by atoms with Gasteiger partial charge in [-0.2, -0.15) is 9.61 Å². The van der Waals surface area contributed by atoms with Crippen LogP contribution >= 0.6 is 0 Å². The minimum absolute atomic E-state index is 0.301. The van der Waals surface area contributed by atoms with E-state index in [9.17, 15) is 4.79 Å². The van der Waals surface area contributed by atoms with Crippen molar-refractivity contribution in [1.29, 1.82) is 0 Å². The van der Waals surface area contributed by atoms with Gasteiger partial charge in [0.25, 0.3) is 0 Å². The highest BCUT2D eigenvalue weighted by molar-refractivity contribution is 5.42. The maximum absolute atomic E-state index is 11.4. The quantitative estimate of drug-likeness (QED) is 0.881. The second-order valence-electron chi connectivity index (χ2n) is 5.52. The predicted molar refractivity (Wildman–Crippen MR) is 73.2 cm³/mol. The Bertz CT molecular complexity index is 609. The van der Waals surface area contributed by atoms with Crippen LogP contribution in [0.2, 0.25) is 0 Å². The lowest BCUT2D eigenvalue weighted by molar-refractivity contribution is 0.300. The van der Waals surface area contributed by atoms with E-state index in [0.29, 0.717) is 5.65 Å². The van der Waals surface area contributed by atoms with E-state index in [0.717, 1.165) is 24.2 Å².